The molecule has 0 radical (unpaired) electrons. The van der Waals surface area contributed by atoms with Crippen LogP contribution in [0.5, 0.6) is 0 Å². The highest BCUT2D eigenvalue weighted by atomic mass is 16.3. The minimum atomic E-state index is 0.446. The summed E-state index contributed by atoms with van der Waals surface area (Å²) in [7, 11) is 0. The first kappa shape index (κ1) is 7.60. The third-order valence-corrected chi connectivity index (χ3v) is 3.72. The van der Waals surface area contributed by atoms with E-state index >= 15 is 0 Å². The van der Waals surface area contributed by atoms with E-state index in [1.165, 1.54) is 38.5 Å². The van der Waals surface area contributed by atoms with Crippen molar-refractivity contribution in [2.45, 2.75) is 38.5 Å². The van der Waals surface area contributed by atoms with Crippen LogP contribution in [0.4, 0.5) is 0 Å². The molecular weight excluding hydrogens is 136 g/mol. The smallest absolute Gasteiger partial charge is 0.0462 e. The molecule has 3 atom stereocenters. The van der Waals surface area contributed by atoms with E-state index in [9.17, 15) is 0 Å². The van der Waals surface area contributed by atoms with Crippen LogP contribution in [0.25, 0.3) is 0 Å². The number of rotatable bonds is 1. The van der Waals surface area contributed by atoms with Crippen LogP contribution in [0.3, 0.4) is 0 Å². The maximum atomic E-state index is 9.10. The number of fused-ring (bicyclic) bond motifs is 1. The van der Waals surface area contributed by atoms with Gasteiger partial charge < -0.3 is 5.11 Å². The lowest BCUT2D eigenvalue weighted by Gasteiger charge is -2.28. The van der Waals surface area contributed by atoms with Gasteiger partial charge in [-0.3, -0.25) is 0 Å². The van der Waals surface area contributed by atoms with Crippen LogP contribution in [-0.2, 0) is 0 Å². The zero-order valence-electron chi connectivity index (χ0n) is 7.13. The zero-order chi connectivity index (χ0) is 7.68. The molecule has 2 saturated carbocycles. The highest BCUT2D eigenvalue weighted by Gasteiger charge is 2.36. The van der Waals surface area contributed by atoms with Crippen molar-refractivity contribution in [1.29, 1.82) is 0 Å². The first-order chi connectivity index (χ1) is 5.42. The maximum Gasteiger partial charge on any atom is 0.0462 e. The summed E-state index contributed by atoms with van der Waals surface area (Å²) >= 11 is 0. The van der Waals surface area contributed by atoms with E-state index in [-0.39, 0.29) is 0 Å². The quantitative estimate of drug-likeness (QED) is 0.614. The van der Waals surface area contributed by atoms with E-state index in [2.05, 4.69) is 0 Å². The van der Waals surface area contributed by atoms with Gasteiger partial charge in [-0.05, 0) is 37.0 Å². The highest BCUT2D eigenvalue weighted by molar-refractivity contribution is 4.86. The Labute approximate surface area is 68.8 Å². The highest BCUT2D eigenvalue weighted by Crippen LogP contribution is 2.45. The third-order valence-electron chi connectivity index (χ3n) is 3.72. The van der Waals surface area contributed by atoms with Gasteiger partial charge in [0.05, 0.1) is 0 Å². The van der Waals surface area contributed by atoms with Crippen molar-refractivity contribution < 1.29 is 5.11 Å². The summed E-state index contributed by atoms with van der Waals surface area (Å²) in [5, 5.41) is 9.10. The summed E-state index contributed by atoms with van der Waals surface area (Å²) in [6.45, 7) is 0.446. The average molecular weight is 154 g/mol. The Hall–Kier alpha value is -0.0400. The van der Waals surface area contributed by atoms with Crippen molar-refractivity contribution in [3.05, 3.63) is 0 Å². The molecule has 1 nitrogen and oxygen atoms in total. The Morgan fingerprint density at radius 1 is 1.00 bits per heavy atom. The first-order valence-corrected chi connectivity index (χ1v) is 5.02. The van der Waals surface area contributed by atoms with Gasteiger partial charge in [-0.1, -0.05) is 19.3 Å². The van der Waals surface area contributed by atoms with Crippen LogP contribution in [0.1, 0.15) is 38.5 Å². The topological polar surface area (TPSA) is 20.2 Å². The van der Waals surface area contributed by atoms with Crippen molar-refractivity contribution in [3.63, 3.8) is 0 Å². The van der Waals surface area contributed by atoms with Gasteiger partial charge in [-0.15, -0.1) is 0 Å². The van der Waals surface area contributed by atoms with Gasteiger partial charge in [0.1, 0.15) is 0 Å². The molecule has 0 saturated heterocycles. The molecule has 0 bridgehead atoms. The van der Waals surface area contributed by atoms with E-state index in [0.717, 1.165) is 11.8 Å². The van der Waals surface area contributed by atoms with Gasteiger partial charge in [-0.25, -0.2) is 0 Å². The Morgan fingerprint density at radius 3 is 2.64 bits per heavy atom. The first-order valence-electron chi connectivity index (χ1n) is 5.02. The maximum absolute atomic E-state index is 9.10. The molecule has 0 aromatic carbocycles. The second-order valence-electron chi connectivity index (χ2n) is 4.23. The van der Waals surface area contributed by atoms with Gasteiger partial charge >= 0.3 is 0 Å². The summed E-state index contributed by atoms with van der Waals surface area (Å²) in [6.07, 6.45) is 8.40. The molecule has 1 N–H and O–H groups in total. The van der Waals surface area contributed by atoms with E-state index in [1.54, 1.807) is 0 Å². The Morgan fingerprint density at radius 2 is 1.82 bits per heavy atom. The summed E-state index contributed by atoms with van der Waals surface area (Å²) in [5.74, 6) is 2.55. The largest absolute Gasteiger partial charge is 0.396 e. The van der Waals surface area contributed by atoms with Gasteiger partial charge in [0.2, 0.25) is 0 Å². The second kappa shape index (κ2) is 3.14. The minimum Gasteiger partial charge on any atom is -0.396 e. The number of hydrogen-bond acceptors (Lipinski definition) is 1. The van der Waals surface area contributed by atoms with Crippen molar-refractivity contribution in [2.24, 2.45) is 17.8 Å². The summed E-state index contributed by atoms with van der Waals surface area (Å²) < 4.78 is 0. The standard InChI is InChI=1S/C10H18O/c11-7-9-6-5-8-3-1-2-4-10(8)9/h8-11H,1-7H2/t8-,9+,10+/m0/s1. The van der Waals surface area contributed by atoms with Gasteiger partial charge in [0, 0.05) is 6.61 Å². The van der Waals surface area contributed by atoms with Gasteiger partial charge in [0.15, 0.2) is 0 Å². The fourth-order valence-electron chi connectivity index (χ4n) is 3.08. The van der Waals surface area contributed by atoms with Crippen molar-refractivity contribution in [1.82, 2.24) is 0 Å². The lowest BCUT2D eigenvalue weighted by atomic mass is 9.78. The normalized spacial score (nSPS) is 43.9. The molecule has 2 aliphatic rings. The predicted octanol–water partition coefficient (Wildman–Crippen LogP) is 2.20. The fraction of sp³-hybridized carbons (Fsp3) is 1.00. The summed E-state index contributed by atoms with van der Waals surface area (Å²) in [6, 6.07) is 0. The SMILES string of the molecule is OC[C@H]1CC[C@@H]2CCCC[C@H]21. The Kier molecular flexibility index (Phi) is 2.17. The van der Waals surface area contributed by atoms with Crippen LogP contribution in [0, 0.1) is 17.8 Å². The van der Waals surface area contributed by atoms with E-state index in [0.29, 0.717) is 12.5 Å². The molecule has 1 heteroatoms. The van der Waals surface area contributed by atoms with Gasteiger partial charge in [-0.2, -0.15) is 0 Å². The van der Waals surface area contributed by atoms with Crippen LogP contribution in [0.2, 0.25) is 0 Å². The third kappa shape index (κ3) is 1.31. The molecule has 2 rings (SSSR count). The average Bonchev–Trinajstić information content (AvgIpc) is 2.47. The Bertz CT molecular complexity index is 127. The van der Waals surface area contributed by atoms with Crippen LogP contribution in [0.15, 0.2) is 0 Å². The molecule has 64 valence electrons. The number of hydrogen-bond donors (Lipinski definition) is 1. The molecule has 2 aliphatic carbocycles. The molecule has 0 aromatic rings. The summed E-state index contributed by atoms with van der Waals surface area (Å²) in [4.78, 5) is 0. The van der Waals surface area contributed by atoms with E-state index < -0.39 is 0 Å². The van der Waals surface area contributed by atoms with Crippen LogP contribution in [-0.4, -0.2) is 11.7 Å². The van der Waals surface area contributed by atoms with Crippen LogP contribution >= 0.6 is 0 Å². The number of aliphatic hydroxyl groups excluding tert-OH is 1. The van der Waals surface area contributed by atoms with E-state index in [1.807, 2.05) is 0 Å². The van der Waals surface area contributed by atoms with Crippen molar-refractivity contribution in [3.8, 4) is 0 Å². The lowest BCUT2D eigenvalue weighted by Crippen LogP contribution is -2.21. The van der Waals surface area contributed by atoms with Crippen LogP contribution < -0.4 is 0 Å². The Balaban J connectivity index is 1.98. The molecule has 0 heterocycles. The molecule has 11 heavy (non-hydrogen) atoms. The molecule has 0 amide bonds. The lowest BCUT2D eigenvalue weighted by molar-refractivity contribution is 0.152. The number of aliphatic hydroxyl groups is 1. The van der Waals surface area contributed by atoms with E-state index in [4.69, 9.17) is 5.11 Å². The monoisotopic (exact) mass is 154 g/mol. The minimum absolute atomic E-state index is 0.446. The van der Waals surface area contributed by atoms with Crippen molar-refractivity contribution >= 4 is 0 Å². The van der Waals surface area contributed by atoms with Crippen molar-refractivity contribution in [2.75, 3.05) is 6.61 Å². The van der Waals surface area contributed by atoms with Gasteiger partial charge in [0.25, 0.3) is 0 Å². The predicted molar refractivity (Wildman–Crippen MR) is 45.3 cm³/mol. The second-order valence-corrected chi connectivity index (χ2v) is 4.23. The molecule has 0 aromatic heterocycles. The molecule has 0 aliphatic heterocycles. The molecule has 0 unspecified atom stereocenters. The summed E-state index contributed by atoms with van der Waals surface area (Å²) in [5.41, 5.74) is 0. The molecule has 2 fully saturated rings. The molecular formula is C10H18O. The fourth-order valence-corrected chi connectivity index (χ4v) is 3.08. The molecule has 0 spiro atoms. The zero-order valence-corrected chi connectivity index (χ0v) is 7.13.